The summed E-state index contributed by atoms with van der Waals surface area (Å²) in [4.78, 5) is 7.57. The van der Waals surface area contributed by atoms with E-state index in [9.17, 15) is 0 Å². The van der Waals surface area contributed by atoms with Crippen LogP contribution >= 0.6 is 28.1 Å². The van der Waals surface area contributed by atoms with Gasteiger partial charge in [-0.05, 0) is 31.3 Å². The van der Waals surface area contributed by atoms with E-state index in [1.165, 1.54) is 0 Å². The van der Waals surface area contributed by atoms with Gasteiger partial charge < -0.3 is 4.98 Å². The molecule has 3 nitrogen and oxygen atoms in total. The van der Waals surface area contributed by atoms with Gasteiger partial charge in [-0.25, -0.2) is 4.98 Å². The smallest absolute Gasteiger partial charge is 0.179 e. The SMILES string of the molecule is C=C(Br)Cn1c(=S)[nH]c2ccc(C)nc21. The number of allylic oxidation sites excluding steroid dienone is 1. The van der Waals surface area contributed by atoms with Crippen LogP contribution in [0.5, 0.6) is 0 Å². The maximum Gasteiger partial charge on any atom is 0.179 e. The van der Waals surface area contributed by atoms with Gasteiger partial charge in [-0.3, -0.25) is 4.57 Å². The van der Waals surface area contributed by atoms with Crippen LogP contribution in [0.4, 0.5) is 0 Å². The number of nitrogens with zero attached hydrogens (tertiary/aromatic N) is 2. The first kappa shape index (κ1) is 10.6. The largest absolute Gasteiger partial charge is 0.329 e. The van der Waals surface area contributed by atoms with Crippen LogP contribution in [-0.4, -0.2) is 14.5 Å². The number of pyridine rings is 1. The highest BCUT2D eigenvalue weighted by Gasteiger charge is 2.05. The van der Waals surface area contributed by atoms with Crippen LogP contribution in [0, 0.1) is 11.7 Å². The van der Waals surface area contributed by atoms with E-state index in [4.69, 9.17) is 12.2 Å². The molecule has 2 aromatic heterocycles. The first-order valence-electron chi connectivity index (χ1n) is 4.47. The molecule has 1 N–H and O–H groups in total. The van der Waals surface area contributed by atoms with E-state index < -0.39 is 0 Å². The van der Waals surface area contributed by atoms with Crippen molar-refractivity contribution in [2.75, 3.05) is 0 Å². The molecule has 5 heteroatoms. The number of aromatic nitrogens is 3. The minimum absolute atomic E-state index is 0.634. The molecule has 0 aliphatic rings. The summed E-state index contributed by atoms with van der Waals surface area (Å²) in [5, 5.41) is 0. The predicted molar refractivity (Wildman–Crippen MR) is 67.7 cm³/mol. The molecule has 0 unspecified atom stereocenters. The second-order valence-corrected chi connectivity index (χ2v) is 4.87. The fourth-order valence-corrected chi connectivity index (χ4v) is 1.96. The number of halogens is 1. The van der Waals surface area contributed by atoms with E-state index >= 15 is 0 Å². The van der Waals surface area contributed by atoms with Crippen molar-refractivity contribution in [3.8, 4) is 0 Å². The lowest BCUT2D eigenvalue weighted by Gasteiger charge is -2.01. The first-order chi connectivity index (χ1) is 7.08. The Morgan fingerprint density at radius 2 is 2.40 bits per heavy atom. The Hall–Kier alpha value is -0.940. The molecule has 2 aromatic rings. The lowest BCUT2D eigenvalue weighted by atomic mass is 10.3. The Morgan fingerprint density at radius 1 is 1.67 bits per heavy atom. The van der Waals surface area contributed by atoms with Crippen molar-refractivity contribution in [1.82, 2.24) is 14.5 Å². The molecule has 0 radical (unpaired) electrons. The van der Waals surface area contributed by atoms with E-state index in [-0.39, 0.29) is 0 Å². The van der Waals surface area contributed by atoms with Crippen LogP contribution < -0.4 is 0 Å². The number of imidazole rings is 1. The maximum atomic E-state index is 5.22. The monoisotopic (exact) mass is 283 g/mol. The predicted octanol–water partition coefficient (Wildman–Crippen LogP) is 3.31. The third-order valence-corrected chi connectivity index (χ3v) is 2.66. The number of nitrogens with one attached hydrogen (secondary N) is 1. The van der Waals surface area contributed by atoms with Crippen molar-refractivity contribution < 1.29 is 0 Å². The van der Waals surface area contributed by atoms with Crippen molar-refractivity contribution in [2.45, 2.75) is 13.5 Å². The first-order valence-corrected chi connectivity index (χ1v) is 5.67. The van der Waals surface area contributed by atoms with Gasteiger partial charge in [0.05, 0.1) is 12.1 Å². The second kappa shape index (κ2) is 3.90. The van der Waals surface area contributed by atoms with Crippen molar-refractivity contribution in [3.05, 3.63) is 33.7 Å². The number of aryl methyl sites for hydroxylation is 1. The topological polar surface area (TPSA) is 33.6 Å². The summed E-state index contributed by atoms with van der Waals surface area (Å²) in [6.07, 6.45) is 0. The molecule has 2 rings (SSSR count). The van der Waals surface area contributed by atoms with E-state index in [2.05, 4.69) is 32.5 Å². The van der Waals surface area contributed by atoms with Crippen LogP contribution in [0.2, 0.25) is 0 Å². The second-order valence-electron chi connectivity index (χ2n) is 3.36. The summed E-state index contributed by atoms with van der Waals surface area (Å²) in [6.45, 7) is 6.40. The molecular formula is C10H10BrN3S. The highest BCUT2D eigenvalue weighted by atomic mass is 79.9. The standard InChI is InChI=1S/C10H10BrN3S/c1-6(11)5-14-9-8(13-10(14)15)4-3-7(2)12-9/h3-4H,1,5H2,2H3,(H,13,15). The Balaban J connectivity index is 2.70. The zero-order valence-electron chi connectivity index (χ0n) is 8.25. The van der Waals surface area contributed by atoms with Gasteiger partial charge in [-0.2, -0.15) is 0 Å². The summed E-state index contributed by atoms with van der Waals surface area (Å²) in [5.41, 5.74) is 2.81. The van der Waals surface area contributed by atoms with Crippen molar-refractivity contribution in [2.24, 2.45) is 0 Å². The number of rotatable bonds is 2. The minimum Gasteiger partial charge on any atom is -0.329 e. The summed E-state index contributed by atoms with van der Waals surface area (Å²) < 4.78 is 3.47. The van der Waals surface area contributed by atoms with E-state index in [1.807, 2.05) is 23.6 Å². The number of aromatic amines is 1. The summed E-state index contributed by atoms with van der Waals surface area (Å²) in [5.74, 6) is 0. The Bertz CT molecular complexity index is 582. The molecule has 78 valence electrons. The van der Waals surface area contributed by atoms with Gasteiger partial charge in [0, 0.05) is 10.2 Å². The lowest BCUT2D eigenvalue weighted by Crippen LogP contribution is -1.99. The van der Waals surface area contributed by atoms with Gasteiger partial charge in [0.15, 0.2) is 10.4 Å². The van der Waals surface area contributed by atoms with E-state index in [1.54, 1.807) is 0 Å². The maximum absolute atomic E-state index is 5.22. The number of hydrogen-bond acceptors (Lipinski definition) is 2. The Morgan fingerprint density at radius 3 is 3.07 bits per heavy atom. The molecule has 0 bridgehead atoms. The zero-order valence-corrected chi connectivity index (χ0v) is 10.7. The van der Waals surface area contributed by atoms with Gasteiger partial charge in [-0.15, -0.1) is 0 Å². The molecular weight excluding hydrogens is 274 g/mol. The molecule has 0 spiro atoms. The molecule has 0 aliphatic heterocycles. The highest BCUT2D eigenvalue weighted by molar-refractivity contribution is 9.11. The number of H-pyrrole nitrogens is 1. The molecule has 0 fully saturated rings. The van der Waals surface area contributed by atoms with Crippen LogP contribution in [0.3, 0.4) is 0 Å². The van der Waals surface area contributed by atoms with Crippen molar-refractivity contribution in [3.63, 3.8) is 0 Å². The van der Waals surface area contributed by atoms with Gasteiger partial charge in [0.1, 0.15) is 0 Å². The average Bonchev–Trinajstić information content (AvgIpc) is 2.43. The van der Waals surface area contributed by atoms with E-state index in [0.29, 0.717) is 11.3 Å². The third kappa shape index (κ3) is 2.03. The molecule has 15 heavy (non-hydrogen) atoms. The molecule has 0 amide bonds. The fraction of sp³-hybridized carbons (Fsp3) is 0.200. The lowest BCUT2D eigenvalue weighted by molar-refractivity contribution is 0.817. The van der Waals surface area contributed by atoms with Crippen molar-refractivity contribution >= 4 is 39.3 Å². The van der Waals surface area contributed by atoms with Gasteiger partial charge in [-0.1, -0.05) is 22.5 Å². The number of hydrogen-bond donors (Lipinski definition) is 1. The third-order valence-electron chi connectivity index (χ3n) is 2.09. The molecule has 0 aliphatic carbocycles. The fourth-order valence-electron chi connectivity index (χ4n) is 1.44. The number of fused-ring (bicyclic) bond motifs is 1. The van der Waals surface area contributed by atoms with E-state index in [0.717, 1.165) is 21.3 Å². The minimum atomic E-state index is 0.634. The molecule has 2 heterocycles. The Kier molecular flexibility index (Phi) is 2.75. The molecule has 0 saturated heterocycles. The van der Waals surface area contributed by atoms with Gasteiger partial charge in [0.2, 0.25) is 0 Å². The zero-order chi connectivity index (χ0) is 11.0. The highest BCUT2D eigenvalue weighted by Crippen LogP contribution is 2.15. The van der Waals surface area contributed by atoms with Crippen LogP contribution in [0.15, 0.2) is 23.2 Å². The Labute approximate surface area is 101 Å². The van der Waals surface area contributed by atoms with Gasteiger partial charge in [0.25, 0.3) is 0 Å². The molecule has 0 aromatic carbocycles. The van der Waals surface area contributed by atoms with Crippen molar-refractivity contribution in [1.29, 1.82) is 0 Å². The average molecular weight is 284 g/mol. The van der Waals surface area contributed by atoms with Crippen LogP contribution in [0.25, 0.3) is 11.2 Å². The van der Waals surface area contributed by atoms with Crippen LogP contribution in [-0.2, 0) is 6.54 Å². The van der Waals surface area contributed by atoms with Gasteiger partial charge >= 0.3 is 0 Å². The molecule has 0 atom stereocenters. The normalized spacial score (nSPS) is 10.8. The summed E-state index contributed by atoms with van der Waals surface area (Å²) in [7, 11) is 0. The quantitative estimate of drug-likeness (QED) is 0.858. The van der Waals surface area contributed by atoms with Crippen LogP contribution in [0.1, 0.15) is 5.69 Å². The molecule has 0 saturated carbocycles. The summed E-state index contributed by atoms with van der Waals surface area (Å²) >= 11 is 8.55. The summed E-state index contributed by atoms with van der Waals surface area (Å²) in [6, 6.07) is 3.95.